The SMILES string of the molecule is CC(C)CN(CC1CN(C(=O)COc2ccccc2)CCO1)C(=O)c1ccccc1. The Bertz CT molecular complexity index is 810. The molecule has 1 aliphatic rings. The first-order valence-corrected chi connectivity index (χ1v) is 10.4. The summed E-state index contributed by atoms with van der Waals surface area (Å²) in [5, 5.41) is 0. The molecule has 6 heteroatoms. The molecule has 1 atom stereocenters. The Morgan fingerprint density at radius 3 is 2.43 bits per heavy atom. The molecule has 1 aliphatic heterocycles. The Balaban J connectivity index is 1.58. The van der Waals surface area contributed by atoms with Crippen LogP contribution in [0.4, 0.5) is 0 Å². The lowest BCUT2D eigenvalue weighted by Gasteiger charge is -2.36. The Kier molecular flexibility index (Phi) is 7.85. The predicted molar refractivity (Wildman–Crippen MR) is 115 cm³/mol. The van der Waals surface area contributed by atoms with E-state index in [1.165, 1.54) is 0 Å². The number of benzene rings is 2. The molecule has 160 valence electrons. The van der Waals surface area contributed by atoms with Crippen LogP contribution in [0.15, 0.2) is 60.7 Å². The van der Waals surface area contributed by atoms with Gasteiger partial charge >= 0.3 is 0 Å². The molecule has 0 N–H and O–H groups in total. The average molecular weight is 411 g/mol. The number of hydrogen-bond acceptors (Lipinski definition) is 4. The number of hydrogen-bond donors (Lipinski definition) is 0. The number of morpholine rings is 1. The van der Waals surface area contributed by atoms with Gasteiger partial charge in [0.25, 0.3) is 11.8 Å². The standard InChI is InChI=1S/C24H30N2O4/c1-19(2)15-26(24(28)20-9-5-3-6-10-20)17-22-16-25(13-14-29-22)23(27)18-30-21-11-7-4-8-12-21/h3-12,19,22H,13-18H2,1-2H3. The minimum atomic E-state index is -0.217. The summed E-state index contributed by atoms with van der Waals surface area (Å²) in [6.07, 6.45) is -0.217. The molecule has 1 unspecified atom stereocenters. The molecular weight excluding hydrogens is 380 g/mol. The first-order valence-electron chi connectivity index (χ1n) is 10.4. The summed E-state index contributed by atoms with van der Waals surface area (Å²) < 4.78 is 11.5. The predicted octanol–water partition coefficient (Wildman–Crippen LogP) is 3.09. The summed E-state index contributed by atoms with van der Waals surface area (Å²) in [7, 11) is 0. The number of carbonyl (C=O) groups is 2. The van der Waals surface area contributed by atoms with E-state index >= 15 is 0 Å². The minimum absolute atomic E-state index is 0.00458. The van der Waals surface area contributed by atoms with Crippen LogP contribution >= 0.6 is 0 Å². The van der Waals surface area contributed by atoms with E-state index in [0.717, 1.165) is 0 Å². The topological polar surface area (TPSA) is 59.1 Å². The molecule has 30 heavy (non-hydrogen) atoms. The number of carbonyl (C=O) groups excluding carboxylic acids is 2. The quantitative estimate of drug-likeness (QED) is 0.671. The first kappa shape index (κ1) is 21.8. The highest BCUT2D eigenvalue weighted by atomic mass is 16.5. The molecule has 6 nitrogen and oxygen atoms in total. The minimum Gasteiger partial charge on any atom is -0.484 e. The van der Waals surface area contributed by atoms with Gasteiger partial charge in [-0.15, -0.1) is 0 Å². The summed E-state index contributed by atoms with van der Waals surface area (Å²) in [4.78, 5) is 29.2. The smallest absolute Gasteiger partial charge is 0.260 e. The largest absolute Gasteiger partial charge is 0.484 e. The molecule has 0 aliphatic carbocycles. The van der Waals surface area contributed by atoms with E-state index in [2.05, 4.69) is 13.8 Å². The molecule has 0 aromatic heterocycles. The van der Waals surface area contributed by atoms with Crippen LogP contribution < -0.4 is 4.74 Å². The van der Waals surface area contributed by atoms with Crippen molar-refractivity contribution in [1.82, 2.24) is 9.80 Å². The van der Waals surface area contributed by atoms with E-state index in [4.69, 9.17) is 9.47 Å². The van der Waals surface area contributed by atoms with Gasteiger partial charge in [-0.3, -0.25) is 9.59 Å². The second-order valence-electron chi connectivity index (χ2n) is 7.90. The van der Waals surface area contributed by atoms with E-state index < -0.39 is 0 Å². The maximum atomic E-state index is 13.0. The molecule has 2 aromatic rings. The fourth-order valence-electron chi connectivity index (χ4n) is 3.50. The summed E-state index contributed by atoms with van der Waals surface area (Å²) in [6, 6.07) is 18.6. The van der Waals surface area contributed by atoms with Crippen molar-refractivity contribution in [3.63, 3.8) is 0 Å². The third-order valence-electron chi connectivity index (χ3n) is 4.91. The molecule has 2 aromatic carbocycles. The van der Waals surface area contributed by atoms with E-state index in [9.17, 15) is 9.59 Å². The van der Waals surface area contributed by atoms with Gasteiger partial charge in [0, 0.05) is 31.7 Å². The van der Waals surface area contributed by atoms with Gasteiger partial charge in [0.2, 0.25) is 0 Å². The molecule has 1 saturated heterocycles. The van der Waals surface area contributed by atoms with E-state index in [1.807, 2.05) is 65.6 Å². The van der Waals surface area contributed by atoms with Crippen molar-refractivity contribution in [3.8, 4) is 5.75 Å². The Morgan fingerprint density at radius 1 is 1.10 bits per heavy atom. The van der Waals surface area contributed by atoms with Crippen LogP contribution in [-0.2, 0) is 9.53 Å². The van der Waals surface area contributed by atoms with Gasteiger partial charge in [-0.2, -0.15) is 0 Å². The molecule has 0 bridgehead atoms. The highest BCUT2D eigenvalue weighted by Crippen LogP contribution is 2.14. The third-order valence-corrected chi connectivity index (χ3v) is 4.91. The maximum Gasteiger partial charge on any atom is 0.260 e. The summed E-state index contributed by atoms with van der Waals surface area (Å²) in [5.74, 6) is 0.922. The monoisotopic (exact) mass is 410 g/mol. The highest BCUT2D eigenvalue weighted by molar-refractivity contribution is 5.94. The number of rotatable bonds is 8. The second-order valence-corrected chi connectivity index (χ2v) is 7.90. The lowest BCUT2D eigenvalue weighted by atomic mass is 10.1. The normalized spacial score (nSPS) is 16.4. The molecule has 0 saturated carbocycles. The average Bonchev–Trinajstić information content (AvgIpc) is 2.77. The van der Waals surface area contributed by atoms with Crippen LogP contribution in [0.3, 0.4) is 0 Å². The van der Waals surface area contributed by atoms with Crippen LogP contribution in [0.25, 0.3) is 0 Å². The number of amides is 2. The van der Waals surface area contributed by atoms with Crippen LogP contribution in [0.2, 0.25) is 0 Å². The molecule has 2 amide bonds. The van der Waals surface area contributed by atoms with Gasteiger partial charge in [0.15, 0.2) is 6.61 Å². The second kappa shape index (κ2) is 10.8. The molecule has 1 fully saturated rings. The molecule has 0 radical (unpaired) electrons. The van der Waals surface area contributed by atoms with Gasteiger partial charge in [0.1, 0.15) is 5.75 Å². The molecule has 3 rings (SSSR count). The fraction of sp³-hybridized carbons (Fsp3) is 0.417. The zero-order valence-electron chi connectivity index (χ0n) is 17.7. The Hall–Kier alpha value is -2.86. The summed E-state index contributed by atoms with van der Waals surface area (Å²) >= 11 is 0. The Labute approximate surface area is 178 Å². The van der Waals surface area contributed by atoms with Gasteiger partial charge in [-0.25, -0.2) is 0 Å². The Morgan fingerprint density at radius 2 is 1.77 bits per heavy atom. The lowest BCUT2D eigenvalue weighted by Crippen LogP contribution is -2.52. The third kappa shape index (κ3) is 6.32. The van der Waals surface area contributed by atoms with Crippen molar-refractivity contribution in [2.24, 2.45) is 5.92 Å². The van der Waals surface area contributed by atoms with Crippen molar-refractivity contribution >= 4 is 11.8 Å². The van der Waals surface area contributed by atoms with E-state index in [1.54, 1.807) is 4.90 Å². The molecule has 0 spiro atoms. The number of ether oxygens (including phenoxy) is 2. The van der Waals surface area contributed by atoms with Crippen LogP contribution in [0, 0.1) is 5.92 Å². The van der Waals surface area contributed by atoms with Crippen molar-refractivity contribution in [1.29, 1.82) is 0 Å². The zero-order chi connectivity index (χ0) is 21.3. The zero-order valence-corrected chi connectivity index (χ0v) is 17.7. The van der Waals surface area contributed by atoms with E-state index in [0.29, 0.717) is 50.0 Å². The van der Waals surface area contributed by atoms with Crippen LogP contribution in [0.1, 0.15) is 24.2 Å². The molecule has 1 heterocycles. The number of nitrogens with zero attached hydrogens (tertiary/aromatic N) is 2. The van der Waals surface area contributed by atoms with Crippen LogP contribution in [-0.4, -0.2) is 67.1 Å². The van der Waals surface area contributed by atoms with Crippen molar-refractivity contribution in [2.45, 2.75) is 20.0 Å². The lowest BCUT2D eigenvalue weighted by molar-refractivity contribution is -0.141. The van der Waals surface area contributed by atoms with Gasteiger partial charge in [-0.1, -0.05) is 50.2 Å². The van der Waals surface area contributed by atoms with Gasteiger partial charge in [-0.05, 0) is 30.2 Å². The first-order chi connectivity index (χ1) is 14.5. The van der Waals surface area contributed by atoms with Gasteiger partial charge < -0.3 is 19.3 Å². The highest BCUT2D eigenvalue weighted by Gasteiger charge is 2.28. The summed E-state index contributed by atoms with van der Waals surface area (Å²) in [6.45, 7) is 6.70. The number of para-hydroxylation sites is 1. The van der Waals surface area contributed by atoms with Crippen molar-refractivity contribution in [3.05, 3.63) is 66.2 Å². The summed E-state index contributed by atoms with van der Waals surface area (Å²) in [5.41, 5.74) is 0.665. The van der Waals surface area contributed by atoms with Crippen molar-refractivity contribution < 1.29 is 19.1 Å². The van der Waals surface area contributed by atoms with Crippen molar-refractivity contribution in [2.75, 3.05) is 39.4 Å². The van der Waals surface area contributed by atoms with Gasteiger partial charge in [0.05, 0.1) is 12.7 Å². The maximum absolute atomic E-state index is 13.0. The molecular formula is C24H30N2O4. The van der Waals surface area contributed by atoms with Crippen LogP contribution in [0.5, 0.6) is 5.75 Å². The fourth-order valence-corrected chi connectivity index (χ4v) is 3.50. The van der Waals surface area contributed by atoms with E-state index in [-0.39, 0.29) is 24.5 Å².